The minimum Gasteiger partial charge on any atom is -0.480 e. The zero-order valence-corrected chi connectivity index (χ0v) is 56.0. The van der Waals surface area contributed by atoms with Gasteiger partial charge in [0.05, 0.1) is 19.6 Å². The summed E-state index contributed by atoms with van der Waals surface area (Å²) in [6.45, 7) is 5.57. The normalized spacial score (nSPS) is 13.3. The van der Waals surface area contributed by atoms with Crippen LogP contribution in [0.25, 0.3) is 0 Å². The maximum Gasteiger partial charge on any atom is 0.325 e. The van der Waals surface area contributed by atoms with Crippen LogP contribution in [0.2, 0.25) is 0 Å². The summed E-state index contributed by atoms with van der Waals surface area (Å²) in [6.07, 6.45) is 43.7. The summed E-state index contributed by atoms with van der Waals surface area (Å²) >= 11 is 1.15. The molecular formula is C67H124N6O14S. The average molecular weight is 1270 g/mol. The van der Waals surface area contributed by atoms with Crippen molar-refractivity contribution in [1.82, 2.24) is 26.6 Å². The molecule has 0 unspecified atom stereocenters. The molecule has 512 valence electrons. The largest absolute Gasteiger partial charge is 0.480 e. The van der Waals surface area contributed by atoms with Crippen molar-refractivity contribution >= 4 is 65.1 Å². The summed E-state index contributed by atoms with van der Waals surface area (Å²) in [6, 6.07) is -7.92. The van der Waals surface area contributed by atoms with Crippen molar-refractivity contribution < 1.29 is 67.9 Å². The Morgan fingerprint density at radius 1 is 0.398 bits per heavy atom. The Kier molecular flexibility index (Phi) is 55.8. The van der Waals surface area contributed by atoms with E-state index >= 15 is 0 Å². The number of esters is 2. The number of rotatable bonds is 63. The SMILES string of the molecule is CCCCCCCCCCCCCCCC(=O)N[C@H](CSC[C@@H](COC(=O)CCCCCCCCCCCCCCC)OC(=O)CCCCCCCCCCCCCCC)C(=O)N[C@@H](CO)C(=O)N[C@@H](CO)C(=O)N[C@@H](CC(N)=O)C(=O)N[C@@H](C)C(=O)O. The second kappa shape index (κ2) is 58.8. The van der Waals surface area contributed by atoms with Crippen LogP contribution in [0.4, 0.5) is 0 Å². The van der Waals surface area contributed by atoms with Gasteiger partial charge in [-0.25, -0.2) is 0 Å². The van der Waals surface area contributed by atoms with Crippen molar-refractivity contribution in [3.05, 3.63) is 0 Å². The van der Waals surface area contributed by atoms with Gasteiger partial charge in [-0.15, -0.1) is 0 Å². The van der Waals surface area contributed by atoms with Crippen LogP contribution in [0.1, 0.15) is 304 Å². The van der Waals surface area contributed by atoms with Crippen LogP contribution in [0.15, 0.2) is 0 Å². The van der Waals surface area contributed by atoms with E-state index in [0.717, 1.165) is 82.9 Å². The van der Waals surface area contributed by atoms with Gasteiger partial charge in [0.15, 0.2) is 0 Å². The number of carboxylic acid groups (broad SMARTS) is 1. The Balaban J connectivity index is 6.01. The highest BCUT2D eigenvalue weighted by atomic mass is 32.2. The number of hydrogen-bond donors (Lipinski definition) is 9. The molecule has 88 heavy (non-hydrogen) atoms. The van der Waals surface area contributed by atoms with E-state index in [4.69, 9.17) is 15.2 Å². The third-order valence-corrected chi connectivity index (χ3v) is 17.0. The molecule has 0 aliphatic carbocycles. The number of hydrogen-bond acceptors (Lipinski definition) is 14. The molecule has 0 heterocycles. The third kappa shape index (κ3) is 49.3. The quantitative estimate of drug-likeness (QED) is 0.0202. The molecule has 6 amide bonds. The van der Waals surface area contributed by atoms with Crippen LogP contribution < -0.4 is 32.3 Å². The molecular weight excluding hydrogens is 1140 g/mol. The number of nitrogens with one attached hydrogen (secondary N) is 5. The highest BCUT2D eigenvalue weighted by molar-refractivity contribution is 7.99. The molecule has 0 aliphatic heterocycles. The summed E-state index contributed by atoms with van der Waals surface area (Å²) in [7, 11) is 0. The predicted molar refractivity (Wildman–Crippen MR) is 350 cm³/mol. The van der Waals surface area contributed by atoms with E-state index in [1.165, 1.54) is 167 Å². The summed E-state index contributed by atoms with van der Waals surface area (Å²) in [5, 5.41) is 41.4. The summed E-state index contributed by atoms with van der Waals surface area (Å²) in [5.74, 6) is -8.00. The lowest BCUT2D eigenvalue weighted by molar-refractivity contribution is -0.157. The molecule has 0 aromatic rings. The van der Waals surface area contributed by atoms with Crippen LogP contribution in [0.5, 0.6) is 0 Å². The zero-order chi connectivity index (χ0) is 65.3. The molecule has 0 spiro atoms. The van der Waals surface area contributed by atoms with E-state index < -0.39 is 109 Å². The van der Waals surface area contributed by atoms with Gasteiger partial charge in [-0.1, -0.05) is 252 Å². The van der Waals surface area contributed by atoms with E-state index in [1.54, 1.807) is 0 Å². The molecule has 6 atom stereocenters. The molecule has 20 nitrogen and oxygen atoms in total. The van der Waals surface area contributed by atoms with Crippen molar-refractivity contribution in [3.8, 4) is 0 Å². The van der Waals surface area contributed by atoms with Crippen LogP contribution in [0, 0.1) is 0 Å². The van der Waals surface area contributed by atoms with E-state index in [9.17, 15) is 58.5 Å². The van der Waals surface area contributed by atoms with Crippen molar-refractivity contribution in [2.75, 3.05) is 31.3 Å². The van der Waals surface area contributed by atoms with Crippen molar-refractivity contribution in [1.29, 1.82) is 0 Å². The first kappa shape index (κ1) is 83.5. The average Bonchev–Trinajstić information content (AvgIpc) is 2.79. The third-order valence-electron chi connectivity index (χ3n) is 15.8. The smallest absolute Gasteiger partial charge is 0.325 e. The lowest BCUT2D eigenvalue weighted by Gasteiger charge is -2.25. The number of unbranched alkanes of at least 4 members (excludes halogenated alkanes) is 36. The Morgan fingerprint density at radius 3 is 1.07 bits per heavy atom. The van der Waals surface area contributed by atoms with E-state index in [1.807, 2.05) is 0 Å². The number of thioether (sulfide) groups is 1. The molecule has 0 radical (unpaired) electrons. The standard InChI is InChI=1S/C67H124N6O14S/c1-5-8-11-14-17-20-23-26-29-32-35-38-41-44-60(77)70-58(66(83)73-57(49-75)65(82)72-56(48-74)64(81)71-55(47-59(68)76)63(80)69-53(4)67(84)85)52-88-51-54(87-62(79)46-43-40-37-34-31-28-25-22-19-16-13-10-7-3)50-86-61(78)45-42-39-36-33-30-27-24-21-18-15-12-9-6-2/h53-58,74-75H,5-52H2,1-4H3,(H2,68,76)(H,69,80)(H,70,77)(H,71,81)(H,72,82)(H,73,83)(H,84,85)/t53-,54+,55-,56-,57-,58+/m0/s1. The summed E-state index contributed by atoms with van der Waals surface area (Å²) < 4.78 is 11.6. The van der Waals surface area contributed by atoms with Gasteiger partial charge in [0.2, 0.25) is 35.4 Å². The lowest BCUT2D eigenvalue weighted by Crippen LogP contribution is -2.60. The number of ether oxygens (including phenoxy) is 2. The fraction of sp³-hybridized carbons (Fsp3) is 0.866. The fourth-order valence-corrected chi connectivity index (χ4v) is 11.3. The minimum atomic E-state index is -1.79. The molecule has 0 aliphatic rings. The first-order chi connectivity index (χ1) is 42.5. The number of aliphatic hydroxyl groups is 2. The number of amides is 6. The van der Waals surface area contributed by atoms with Gasteiger partial charge in [0, 0.05) is 30.8 Å². The minimum absolute atomic E-state index is 0.0794. The zero-order valence-electron chi connectivity index (χ0n) is 55.2. The number of primary amides is 1. The molecule has 0 aromatic carbocycles. The van der Waals surface area contributed by atoms with Gasteiger partial charge in [0.25, 0.3) is 0 Å². The second-order valence-corrected chi connectivity index (χ2v) is 25.3. The van der Waals surface area contributed by atoms with Crippen LogP contribution in [0.3, 0.4) is 0 Å². The number of carboxylic acids is 1. The maximum atomic E-state index is 14.1. The molecule has 0 saturated heterocycles. The van der Waals surface area contributed by atoms with E-state index in [-0.39, 0.29) is 37.4 Å². The Hall–Kier alpha value is -4.50. The number of aliphatic hydroxyl groups excluding tert-OH is 2. The summed E-state index contributed by atoms with van der Waals surface area (Å²) in [4.78, 5) is 117. The first-order valence-corrected chi connectivity index (χ1v) is 35.8. The van der Waals surface area contributed by atoms with Crippen LogP contribution in [-0.2, 0) is 52.6 Å². The Labute approximate surface area is 534 Å². The van der Waals surface area contributed by atoms with Gasteiger partial charge in [-0.2, -0.15) is 11.8 Å². The predicted octanol–water partition coefficient (Wildman–Crippen LogP) is 11.0. The van der Waals surface area contributed by atoms with Gasteiger partial charge >= 0.3 is 17.9 Å². The monoisotopic (exact) mass is 1270 g/mol. The molecule has 0 bridgehead atoms. The van der Waals surface area contributed by atoms with Gasteiger partial charge in [-0.3, -0.25) is 43.2 Å². The van der Waals surface area contributed by atoms with Crippen LogP contribution in [-0.4, -0.2) is 136 Å². The van der Waals surface area contributed by atoms with Crippen LogP contribution >= 0.6 is 11.8 Å². The number of aliphatic carboxylic acids is 1. The Morgan fingerprint density at radius 2 is 0.716 bits per heavy atom. The number of nitrogens with two attached hydrogens (primary N) is 1. The molecule has 0 aromatic heterocycles. The lowest BCUT2D eigenvalue weighted by atomic mass is 10.0. The molecule has 10 N–H and O–H groups in total. The number of carbonyl (C=O) groups excluding carboxylic acids is 8. The van der Waals surface area contributed by atoms with Gasteiger partial charge in [0.1, 0.15) is 42.9 Å². The molecule has 0 saturated carbocycles. The highest BCUT2D eigenvalue weighted by Crippen LogP contribution is 2.18. The molecule has 0 fully saturated rings. The van der Waals surface area contributed by atoms with Crippen molar-refractivity contribution in [2.24, 2.45) is 5.73 Å². The van der Waals surface area contributed by atoms with Gasteiger partial charge in [-0.05, 0) is 26.2 Å². The van der Waals surface area contributed by atoms with E-state index in [2.05, 4.69) is 47.4 Å². The Bertz CT molecular complexity index is 1850. The van der Waals surface area contributed by atoms with Crippen molar-refractivity contribution in [3.63, 3.8) is 0 Å². The molecule has 0 rings (SSSR count). The van der Waals surface area contributed by atoms with E-state index in [0.29, 0.717) is 19.3 Å². The summed E-state index contributed by atoms with van der Waals surface area (Å²) in [5.41, 5.74) is 5.26. The molecule has 21 heteroatoms. The number of carbonyl (C=O) groups is 9. The highest BCUT2D eigenvalue weighted by Gasteiger charge is 2.33. The van der Waals surface area contributed by atoms with Gasteiger partial charge < -0.3 is 57.1 Å². The van der Waals surface area contributed by atoms with Crippen molar-refractivity contribution in [2.45, 2.75) is 340 Å². The topological polar surface area (TPSA) is 319 Å². The fourth-order valence-electron chi connectivity index (χ4n) is 10.3. The first-order valence-electron chi connectivity index (χ1n) is 34.7. The maximum absolute atomic E-state index is 14.1. The second-order valence-electron chi connectivity index (χ2n) is 24.2.